The van der Waals surface area contributed by atoms with E-state index in [-0.39, 0.29) is 5.90 Å². The van der Waals surface area contributed by atoms with Crippen LogP contribution in [0.3, 0.4) is 0 Å². The van der Waals surface area contributed by atoms with Crippen molar-refractivity contribution in [2.24, 2.45) is 16.7 Å². The van der Waals surface area contributed by atoms with Gasteiger partial charge in [-0.3, -0.25) is 10.7 Å². The quantitative estimate of drug-likeness (QED) is 0.816. The molecular formula is C17H15N5O2. The van der Waals surface area contributed by atoms with Crippen LogP contribution in [0, 0.1) is 56.2 Å². The third-order valence-electron chi connectivity index (χ3n) is 5.82. The summed E-state index contributed by atoms with van der Waals surface area (Å²) in [6.45, 7) is 0. The van der Waals surface area contributed by atoms with E-state index in [2.05, 4.69) is 23.5 Å². The Morgan fingerprint density at radius 3 is 2.62 bits per heavy atom. The predicted molar refractivity (Wildman–Crippen MR) is 79.8 cm³/mol. The molecule has 0 aromatic carbocycles. The van der Waals surface area contributed by atoms with Crippen LogP contribution in [0.2, 0.25) is 0 Å². The summed E-state index contributed by atoms with van der Waals surface area (Å²) in [5.74, 6) is -0.275. The third kappa shape index (κ3) is 1.36. The molecule has 0 radical (unpaired) electrons. The van der Waals surface area contributed by atoms with Gasteiger partial charge in [-0.05, 0) is 25.0 Å². The number of rotatable bonds is 1. The van der Waals surface area contributed by atoms with Gasteiger partial charge in [0.25, 0.3) is 0 Å². The number of furan rings is 1. The summed E-state index contributed by atoms with van der Waals surface area (Å²) in [5.41, 5.74) is -4.28. The largest absolute Gasteiger partial charge is 0.468 e. The van der Waals surface area contributed by atoms with Crippen LogP contribution in [0.15, 0.2) is 22.8 Å². The van der Waals surface area contributed by atoms with E-state index in [4.69, 9.17) is 14.6 Å². The SMILES string of the molecule is N#CC1(C#N)[C@@H](c2ccco2)N[C@@]23CCCC[C@H]2[C@]1(C#N)C(=N)O3. The molecule has 24 heavy (non-hydrogen) atoms. The molecule has 4 rings (SSSR count). The second-order valence-electron chi connectivity index (χ2n) is 6.66. The molecule has 2 N–H and O–H groups in total. The molecule has 3 aliphatic rings. The van der Waals surface area contributed by atoms with Crippen molar-refractivity contribution < 1.29 is 9.15 Å². The maximum absolute atomic E-state index is 10.1. The Labute approximate surface area is 138 Å². The lowest BCUT2D eigenvalue weighted by Crippen LogP contribution is -2.66. The summed E-state index contributed by atoms with van der Waals surface area (Å²) in [7, 11) is 0. The normalized spacial score (nSPS) is 39.0. The molecule has 3 heterocycles. The van der Waals surface area contributed by atoms with Crippen molar-refractivity contribution in [3.63, 3.8) is 0 Å². The average molecular weight is 321 g/mol. The van der Waals surface area contributed by atoms with Crippen molar-refractivity contribution in [3.05, 3.63) is 24.2 Å². The highest BCUT2D eigenvalue weighted by atomic mass is 16.5. The smallest absolute Gasteiger partial charge is 0.206 e. The van der Waals surface area contributed by atoms with E-state index in [1.165, 1.54) is 6.26 Å². The first-order valence-corrected chi connectivity index (χ1v) is 7.93. The maximum Gasteiger partial charge on any atom is 0.206 e. The Balaban J connectivity index is 2.02. The fourth-order valence-corrected chi connectivity index (χ4v) is 4.78. The lowest BCUT2D eigenvalue weighted by molar-refractivity contribution is -0.0977. The molecule has 1 aromatic rings. The Bertz CT molecular complexity index is 813. The highest BCUT2D eigenvalue weighted by molar-refractivity contribution is 5.89. The number of nitrogens with zero attached hydrogens (tertiary/aromatic N) is 3. The molecule has 2 saturated heterocycles. The Kier molecular flexibility index (Phi) is 2.83. The molecule has 2 bridgehead atoms. The summed E-state index contributed by atoms with van der Waals surface area (Å²) >= 11 is 0. The van der Waals surface area contributed by atoms with Crippen molar-refractivity contribution in [1.29, 1.82) is 21.2 Å². The fourth-order valence-electron chi connectivity index (χ4n) is 4.78. The zero-order chi connectivity index (χ0) is 17.0. The zero-order valence-corrected chi connectivity index (χ0v) is 12.9. The van der Waals surface area contributed by atoms with E-state index < -0.39 is 28.5 Å². The highest BCUT2D eigenvalue weighted by Gasteiger charge is 2.79. The Hall–Kier alpha value is -2.82. The first-order chi connectivity index (χ1) is 11.6. The minimum Gasteiger partial charge on any atom is -0.468 e. The molecule has 1 aromatic heterocycles. The van der Waals surface area contributed by atoms with Crippen LogP contribution in [-0.4, -0.2) is 11.6 Å². The van der Waals surface area contributed by atoms with E-state index in [0.29, 0.717) is 18.6 Å². The van der Waals surface area contributed by atoms with Gasteiger partial charge in [-0.15, -0.1) is 0 Å². The lowest BCUT2D eigenvalue weighted by Gasteiger charge is -2.51. The molecule has 7 heteroatoms. The second-order valence-corrected chi connectivity index (χ2v) is 6.66. The van der Waals surface area contributed by atoms with Crippen molar-refractivity contribution in [2.45, 2.75) is 37.5 Å². The molecule has 0 unspecified atom stereocenters. The van der Waals surface area contributed by atoms with Gasteiger partial charge >= 0.3 is 0 Å². The molecule has 2 aliphatic heterocycles. The first-order valence-electron chi connectivity index (χ1n) is 7.93. The summed E-state index contributed by atoms with van der Waals surface area (Å²) in [6.07, 6.45) is 4.52. The highest BCUT2D eigenvalue weighted by Crippen LogP contribution is 2.66. The number of nitrogens with one attached hydrogen (secondary N) is 2. The van der Waals surface area contributed by atoms with Crippen molar-refractivity contribution in [3.8, 4) is 18.2 Å². The molecule has 0 spiro atoms. The van der Waals surface area contributed by atoms with Gasteiger partial charge in [0.15, 0.2) is 16.6 Å². The lowest BCUT2D eigenvalue weighted by atomic mass is 9.50. The summed E-state index contributed by atoms with van der Waals surface area (Å²) < 4.78 is 11.3. The Morgan fingerprint density at radius 1 is 1.21 bits per heavy atom. The maximum atomic E-state index is 10.1. The second kappa shape index (κ2) is 4.60. The first kappa shape index (κ1) is 14.8. The van der Waals surface area contributed by atoms with Crippen LogP contribution in [0.1, 0.15) is 37.5 Å². The van der Waals surface area contributed by atoms with Crippen LogP contribution in [0.4, 0.5) is 0 Å². The van der Waals surface area contributed by atoms with E-state index in [0.717, 1.165) is 12.8 Å². The van der Waals surface area contributed by atoms with Crippen LogP contribution in [0.25, 0.3) is 0 Å². The summed E-state index contributed by atoms with van der Waals surface area (Å²) in [5, 5.41) is 41.7. The van der Waals surface area contributed by atoms with E-state index >= 15 is 0 Å². The molecule has 1 saturated carbocycles. The van der Waals surface area contributed by atoms with Gasteiger partial charge in [-0.2, -0.15) is 15.8 Å². The topological polar surface area (TPSA) is 130 Å². The Morgan fingerprint density at radius 2 is 2.00 bits per heavy atom. The summed E-state index contributed by atoms with van der Waals surface area (Å²) in [6, 6.07) is 8.79. The number of nitriles is 3. The van der Waals surface area contributed by atoms with E-state index in [1.54, 1.807) is 12.1 Å². The van der Waals surface area contributed by atoms with Crippen LogP contribution in [0.5, 0.6) is 0 Å². The average Bonchev–Trinajstić information content (AvgIpc) is 3.19. The molecule has 7 nitrogen and oxygen atoms in total. The van der Waals surface area contributed by atoms with E-state index in [9.17, 15) is 15.8 Å². The van der Waals surface area contributed by atoms with Crippen molar-refractivity contribution in [2.75, 3.05) is 0 Å². The fraction of sp³-hybridized carbons (Fsp3) is 0.529. The number of hydrogen-bond donors (Lipinski definition) is 2. The van der Waals surface area contributed by atoms with Gasteiger partial charge in [0.1, 0.15) is 11.8 Å². The van der Waals surface area contributed by atoms with Gasteiger partial charge in [0.2, 0.25) is 5.90 Å². The monoisotopic (exact) mass is 321 g/mol. The van der Waals surface area contributed by atoms with Crippen LogP contribution >= 0.6 is 0 Å². The van der Waals surface area contributed by atoms with Crippen molar-refractivity contribution in [1.82, 2.24) is 5.32 Å². The number of ether oxygens (including phenoxy) is 1. The third-order valence-corrected chi connectivity index (χ3v) is 5.82. The molecule has 120 valence electrons. The van der Waals surface area contributed by atoms with Gasteiger partial charge in [-0.25, -0.2) is 0 Å². The van der Waals surface area contributed by atoms with Gasteiger partial charge < -0.3 is 9.15 Å². The van der Waals surface area contributed by atoms with Gasteiger partial charge in [0.05, 0.1) is 24.5 Å². The van der Waals surface area contributed by atoms with Gasteiger partial charge in [0, 0.05) is 12.3 Å². The molecule has 3 fully saturated rings. The molecular weight excluding hydrogens is 306 g/mol. The van der Waals surface area contributed by atoms with Crippen molar-refractivity contribution >= 4 is 5.90 Å². The number of hydrogen-bond acceptors (Lipinski definition) is 7. The minimum absolute atomic E-state index is 0.276. The van der Waals surface area contributed by atoms with Gasteiger partial charge in [-0.1, -0.05) is 6.42 Å². The zero-order valence-electron chi connectivity index (χ0n) is 12.9. The van der Waals surface area contributed by atoms with E-state index in [1.807, 2.05) is 0 Å². The minimum atomic E-state index is -1.79. The molecule has 4 atom stereocenters. The standard InChI is InChI=1S/C17H15N5O2/c18-8-15(9-19)13(11-4-3-7-23-11)22-17-6-2-1-5-12(17)16(15,10-20)14(21)24-17/h3-4,7,12-13,21-22H,1-2,5-6H2/t12-,13+,16+,17+/m0/s1. The number of piperidine rings is 1. The molecule has 1 aliphatic carbocycles. The van der Waals surface area contributed by atoms with Crippen LogP contribution < -0.4 is 5.32 Å². The molecule has 0 amide bonds. The van der Waals surface area contributed by atoms with Crippen LogP contribution in [-0.2, 0) is 4.74 Å². The summed E-state index contributed by atoms with van der Waals surface area (Å²) in [4.78, 5) is 0. The predicted octanol–water partition coefficient (Wildman–Crippen LogP) is 2.36.